The second-order valence-corrected chi connectivity index (χ2v) is 3.58. The number of ether oxygens (including phenoxy) is 1. The van der Waals surface area contributed by atoms with Crippen molar-refractivity contribution in [1.82, 2.24) is 9.78 Å². The number of hydrogen-bond acceptors (Lipinski definition) is 3. The summed E-state index contributed by atoms with van der Waals surface area (Å²) in [4.78, 5) is 0. The van der Waals surface area contributed by atoms with Gasteiger partial charge in [0, 0.05) is 31.9 Å². The van der Waals surface area contributed by atoms with Gasteiger partial charge in [-0.2, -0.15) is 10.4 Å². The number of aryl methyl sites for hydroxylation is 1. The van der Waals surface area contributed by atoms with Gasteiger partial charge in [0.2, 0.25) is 0 Å². The van der Waals surface area contributed by atoms with Crippen LogP contribution in [0, 0.1) is 11.3 Å². The van der Waals surface area contributed by atoms with Crippen molar-refractivity contribution < 1.29 is 4.74 Å². The van der Waals surface area contributed by atoms with Crippen LogP contribution in [0.5, 0.6) is 0 Å². The molecule has 0 radical (unpaired) electrons. The van der Waals surface area contributed by atoms with Crippen LogP contribution in [0.2, 0.25) is 0 Å². The molecule has 2 heterocycles. The minimum absolute atomic E-state index is 0.503. The van der Waals surface area contributed by atoms with Gasteiger partial charge in [0.15, 0.2) is 5.69 Å². The molecule has 14 heavy (non-hydrogen) atoms. The van der Waals surface area contributed by atoms with E-state index in [9.17, 15) is 0 Å². The van der Waals surface area contributed by atoms with Crippen LogP contribution in [0.25, 0.3) is 0 Å². The topological polar surface area (TPSA) is 50.8 Å². The van der Waals surface area contributed by atoms with Gasteiger partial charge in [0.05, 0.1) is 0 Å². The highest BCUT2D eigenvalue weighted by atomic mass is 16.5. The predicted molar refractivity (Wildman–Crippen MR) is 50.7 cm³/mol. The van der Waals surface area contributed by atoms with Crippen molar-refractivity contribution in [3.63, 3.8) is 0 Å². The number of rotatable bonds is 1. The Morgan fingerprint density at radius 1 is 1.57 bits per heavy atom. The lowest BCUT2D eigenvalue weighted by Crippen LogP contribution is -2.16. The number of nitriles is 1. The maximum atomic E-state index is 8.72. The average Bonchev–Trinajstić information content (AvgIpc) is 2.61. The molecule has 0 N–H and O–H groups in total. The quantitative estimate of drug-likeness (QED) is 0.669. The zero-order chi connectivity index (χ0) is 9.97. The van der Waals surface area contributed by atoms with Crippen LogP contribution in [-0.4, -0.2) is 23.0 Å². The minimum Gasteiger partial charge on any atom is -0.381 e. The van der Waals surface area contributed by atoms with Crippen molar-refractivity contribution in [2.24, 2.45) is 7.05 Å². The lowest BCUT2D eigenvalue weighted by Gasteiger charge is -2.21. The summed E-state index contributed by atoms with van der Waals surface area (Å²) < 4.78 is 7.11. The van der Waals surface area contributed by atoms with E-state index in [2.05, 4.69) is 11.2 Å². The first-order chi connectivity index (χ1) is 6.81. The largest absolute Gasteiger partial charge is 0.381 e. The molecule has 1 saturated heterocycles. The van der Waals surface area contributed by atoms with Crippen LogP contribution < -0.4 is 0 Å². The summed E-state index contributed by atoms with van der Waals surface area (Å²) in [5.41, 5.74) is 1.67. The van der Waals surface area contributed by atoms with Gasteiger partial charge < -0.3 is 4.74 Å². The van der Waals surface area contributed by atoms with Crippen molar-refractivity contribution in [3.8, 4) is 6.07 Å². The average molecular weight is 191 g/mol. The first-order valence-electron chi connectivity index (χ1n) is 4.83. The third kappa shape index (κ3) is 1.64. The van der Waals surface area contributed by atoms with E-state index in [4.69, 9.17) is 10.00 Å². The molecule has 0 bridgehead atoms. The van der Waals surface area contributed by atoms with Gasteiger partial charge in [-0.15, -0.1) is 0 Å². The van der Waals surface area contributed by atoms with E-state index in [-0.39, 0.29) is 0 Å². The van der Waals surface area contributed by atoms with E-state index in [1.54, 1.807) is 0 Å². The van der Waals surface area contributed by atoms with Gasteiger partial charge in [-0.05, 0) is 18.9 Å². The van der Waals surface area contributed by atoms with E-state index in [1.165, 1.54) is 0 Å². The fourth-order valence-corrected chi connectivity index (χ4v) is 1.91. The van der Waals surface area contributed by atoms with Crippen molar-refractivity contribution >= 4 is 0 Å². The summed E-state index contributed by atoms with van der Waals surface area (Å²) >= 11 is 0. The molecule has 1 aliphatic heterocycles. The summed E-state index contributed by atoms with van der Waals surface area (Å²) in [7, 11) is 1.89. The van der Waals surface area contributed by atoms with Crippen molar-refractivity contribution in [2.45, 2.75) is 18.8 Å². The summed E-state index contributed by atoms with van der Waals surface area (Å²) in [6, 6.07) is 3.95. The molecule has 1 aliphatic rings. The van der Waals surface area contributed by atoms with Gasteiger partial charge in [-0.1, -0.05) is 0 Å². The molecule has 1 aromatic rings. The lowest BCUT2D eigenvalue weighted by molar-refractivity contribution is 0.0837. The summed E-state index contributed by atoms with van der Waals surface area (Å²) in [6.45, 7) is 1.63. The van der Waals surface area contributed by atoms with E-state index in [0.717, 1.165) is 31.7 Å². The molecule has 0 spiro atoms. The van der Waals surface area contributed by atoms with Gasteiger partial charge in [-0.3, -0.25) is 4.68 Å². The standard InChI is InChI=1S/C10H13N3O/c1-13-10(6-9(7-11)12-13)8-2-4-14-5-3-8/h6,8H,2-5H2,1H3. The second-order valence-electron chi connectivity index (χ2n) is 3.58. The zero-order valence-corrected chi connectivity index (χ0v) is 8.23. The zero-order valence-electron chi connectivity index (χ0n) is 8.23. The highest BCUT2D eigenvalue weighted by molar-refractivity contribution is 5.24. The van der Waals surface area contributed by atoms with Crippen molar-refractivity contribution in [1.29, 1.82) is 5.26 Å². The molecule has 0 atom stereocenters. The Labute approximate surface area is 83.1 Å². The van der Waals surface area contributed by atoms with E-state index < -0.39 is 0 Å². The maximum absolute atomic E-state index is 8.72. The van der Waals surface area contributed by atoms with Crippen molar-refractivity contribution in [2.75, 3.05) is 13.2 Å². The molecular formula is C10H13N3O. The third-order valence-electron chi connectivity index (χ3n) is 2.67. The molecule has 0 saturated carbocycles. The Kier molecular flexibility index (Phi) is 2.51. The Hall–Kier alpha value is -1.34. The number of nitrogens with zero attached hydrogens (tertiary/aromatic N) is 3. The molecule has 0 unspecified atom stereocenters. The van der Waals surface area contributed by atoms with Gasteiger partial charge in [-0.25, -0.2) is 0 Å². The SMILES string of the molecule is Cn1nc(C#N)cc1C1CCOCC1. The minimum atomic E-state index is 0.503. The first kappa shape index (κ1) is 9.22. The molecule has 0 aliphatic carbocycles. The molecule has 0 aromatic carbocycles. The van der Waals surface area contributed by atoms with E-state index in [1.807, 2.05) is 17.8 Å². The molecule has 74 valence electrons. The van der Waals surface area contributed by atoms with Crippen LogP contribution in [0.15, 0.2) is 6.07 Å². The van der Waals surface area contributed by atoms with E-state index >= 15 is 0 Å². The Bertz CT molecular complexity index is 358. The Morgan fingerprint density at radius 2 is 2.29 bits per heavy atom. The molecular weight excluding hydrogens is 178 g/mol. The Balaban J connectivity index is 2.22. The number of aromatic nitrogens is 2. The lowest BCUT2D eigenvalue weighted by atomic mass is 9.96. The molecule has 1 fully saturated rings. The summed E-state index contributed by atoms with van der Waals surface area (Å²) in [6.07, 6.45) is 2.06. The van der Waals surface area contributed by atoms with Crippen LogP contribution in [0.1, 0.15) is 30.1 Å². The van der Waals surface area contributed by atoms with Gasteiger partial charge in [0.25, 0.3) is 0 Å². The van der Waals surface area contributed by atoms with Crippen LogP contribution in [0.4, 0.5) is 0 Å². The second kappa shape index (κ2) is 3.81. The molecule has 0 amide bonds. The van der Waals surface area contributed by atoms with Crippen LogP contribution >= 0.6 is 0 Å². The van der Waals surface area contributed by atoms with Crippen molar-refractivity contribution in [3.05, 3.63) is 17.5 Å². The maximum Gasteiger partial charge on any atom is 0.162 e. The fourth-order valence-electron chi connectivity index (χ4n) is 1.91. The van der Waals surface area contributed by atoms with Crippen LogP contribution in [0.3, 0.4) is 0 Å². The molecule has 4 heteroatoms. The summed E-state index contributed by atoms with van der Waals surface area (Å²) in [5, 5.41) is 12.8. The monoisotopic (exact) mass is 191 g/mol. The molecule has 4 nitrogen and oxygen atoms in total. The van der Waals surface area contributed by atoms with Crippen LogP contribution in [-0.2, 0) is 11.8 Å². The highest BCUT2D eigenvalue weighted by Crippen LogP contribution is 2.26. The first-order valence-corrected chi connectivity index (χ1v) is 4.83. The molecule has 2 rings (SSSR count). The Morgan fingerprint density at radius 3 is 2.86 bits per heavy atom. The van der Waals surface area contributed by atoms with E-state index in [0.29, 0.717) is 11.6 Å². The van der Waals surface area contributed by atoms with Gasteiger partial charge >= 0.3 is 0 Å². The third-order valence-corrected chi connectivity index (χ3v) is 2.67. The number of hydrogen-bond donors (Lipinski definition) is 0. The normalized spacial score (nSPS) is 18.0. The fraction of sp³-hybridized carbons (Fsp3) is 0.600. The molecule has 1 aromatic heterocycles. The highest BCUT2D eigenvalue weighted by Gasteiger charge is 2.19. The summed E-state index contributed by atoms with van der Waals surface area (Å²) in [5.74, 6) is 0.503. The van der Waals surface area contributed by atoms with Gasteiger partial charge in [0.1, 0.15) is 6.07 Å². The predicted octanol–water partition coefficient (Wildman–Crippen LogP) is 1.19. The smallest absolute Gasteiger partial charge is 0.162 e.